The first-order valence-electron chi connectivity index (χ1n) is 6.69. The zero-order chi connectivity index (χ0) is 15.9. The molecule has 1 aliphatic heterocycles. The molecule has 0 aromatic carbocycles. The third-order valence-electron chi connectivity index (χ3n) is 3.29. The summed E-state index contributed by atoms with van der Waals surface area (Å²) in [6.07, 6.45) is -0.253. The van der Waals surface area contributed by atoms with Crippen molar-refractivity contribution in [1.29, 1.82) is 0 Å². The van der Waals surface area contributed by atoms with Gasteiger partial charge in [0.15, 0.2) is 0 Å². The van der Waals surface area contributed by atoms with Gasteiger partial charge in [-0.15, -0.1) is 11.3 Å². The van der Waals surface area contributed by atoms with Crippen LogP contribution in [0, 0.1) is 13.8 Å². The summed E-state index contributed by atoms with van der Waals surface area (Å²) in [6, 6.07) is 6.28. The Morgan fingerprint density at radius 2 is 2.00 bits per heavy atom. The van der Waals surface area contributed by atoms with Gasteiger partial charge in [0, 0.05) is 10.9 Å². The van der Waals surface area contributed by atoms with E-state index in [0.29, 0.717) is 15.7 Å². The van der Waals surface area contributed by atoms with Gasteiger partial charge in [0.1, 0.15) is 21.8 Å². The van der Waals surface area contributed by atoms with Crippen LogP contribution in [0.4, 0.5) is 0 Å². The van der Waals surface area contributed by atoms with Crippen LogP contribution in [-0.2, 0) is 10.0 Å². The highest BCUT2D eigenvalue weighted by molar-refractivity contribution is 7.91. The zero-order valence-electron chi connectivity index (χ0n) is 12.1. The second-order valence-corrected chi connectivity index (χ2v) is 8.60. The van der Waals surface area contributed by atoms with E-state index in [1.54, 1.807) is 25.1 Å². The van der Waals surface area contributed by atoms with E-state index in [4.69, 9.17) is 9.15 Å². The van der Waals surface area contributed by atoms with E-state index in [1.165, 1.54) is 21.7 Å². The van der Waals surface area contributed by atoms with Crippen LogP contribution < -0.4 is 10.4 Å². The van der Waals surface area contributed by atoms with Crippen molar-refractivity contribution in [2.75, 3.05) is 13.1 Å². The van der Waals surface area contributed by atoms with E-state index >= 15 is 0 Å². The van der Waals surface area contributed by atoms with Crippen LogP contribution in [-0.4, -0.2) is 31.9 Å². The lowest BCUT2D eigenvalue weighted by molar-refractivity contribution is 0.0755. The Morgan fingerprint density at radius 1 is 1.27 bits per heavy atom. The standard InChI is InChI=1S/C14H15NO5S2/c1-9-5-11(6-13(16)19-9)20-12-7-15(8-12)22(17,18)14-4-3-10(2)21-14/h3-6,12H,7-8H2,1-2H3. The van der Waals surface area contributed by atoms with Crippen molar-refractivity contribution in [2.45, 2.75) is 24.2 Å². The van der Waals surface area contributed by atoms with E-state index in [2.05, 4.69) is 0 Å². The minimum absolute atomic E-state index is 0.253. The average molecular weight is 341 g/mol. The number of thiophene rings is 1. The van der Waals surface area contributed by atoms with Crippen molar-refractivity contribution in [3.05, 3.63) is 45.3 Å². The molecule has 1 fully saturated rings. The van der Waals surface area contributed by atoms with E-state index < -0.39 is 15.6 Å². The fraction of sp³-hybridized carbons (Fsp3) is 0.357. The van der Waals surface area contributed by atoms with E-state index in [0.717, 1.165) is 4.88 Å². The van der Waals surface area contributed by atoms with Gasteiger partial charge in [0.2, 0.25) is 0 Å². The first-order chi connectivity index (χ1) is 10.3. The molecule has 0 radical (unpaired) electrons. The van der Waals surface area contributed by atoms with Crippen molar-refractivity contribution < 1.29 is 17.6 Å². The Balaban J connectivity index is 1.66. The Kier molecular flexibility index (Phi) is 3.84. The summed E-state index contributed by atoms with van der Waals surface area (Å²) in [6.45, 7) is 4.08. The van der Waals surface area contributed by atoms with Gasteiger partial charge < -0.3 is 9.15 Å². The van der Waals surface area contributed by atoms with E-state index in [-0.39, 0.29) is 19.2 Å². The minimum Gasteiger partial charge on any atom is -0.487 e. The maximum atomic E-state index is 12.3. The molecule has 22 heavy (non-hydrogen) atoms. The SMILES string of the molecule is Cc1cc(OC2CN(S(=O)(=O)c3ccc(C)s3)C2)cc(=O)o1. The third kappa shape index (κ3) is 2.94. The van der Waals surface area contributed by atoms with Crippen molar-refractivity contribution in [3.63, 3.8) is 0 Å². The van der Waals surface area contributed by atoms with Gasteiger partial charge in [0.25, 0.3) is 10.0 Å². The van der Waals surface area contributed by atoms with Gasteiger partial charge in [-0.1, -0.05) is 0 Å². The maximum absolute atomic E-state index is 12.3. The molecule has 0 spiro atoms. The molecule has 8 heteroatoms. The van der Waals surface area contributed by atoms with E-state index in [1.807, 2.05) is 6.92 Å². The van der Waals surface area contributed by atoms with Crippen molar-refractivity contribution in [3.8, 4) is 5.75 Å². The summed E-state index contributed by atoms with van der Waals surface area (Å²) >= 11 is 1.26. The Morgan fingerprint density at radius 3 is 2.59 bits per heavy atom. The highest BCUT2D eigenvalue weighted by Crippen LogP contribution is 2.28. The van der Waals surface area contributed by atoms with Crippen molar-refractivity contribution >= 4 is 21.4 Å². The van der Waals surface area contributed by atoms with Gasteiger partial charge in [-0.2, -0.15) is 4.31 Å². The Bertz CT molecular complexity index is 846. The highest BCUT2D eigenvalue weighted by Gasteiger charge is 2.38. The molecule has 0 N–H and O–H groups in total. The molecule has 0 bridgehead atoms. The second-order valence-electron chi connectivity index (χ2n) is 5.15. The van der Waals surface area contributed by atoms with Crippen LogP contribution in [0.2, 0.25) is 0 Å². The van der Waals surface area contributed by atoms with Crippen LogP contribution in [0.1, 0.15) is 10.6 Å². The number of hydrogen-bond acceptors (Lipinski definition) is 6. The molecule has 0 unspecified atom stereocenters. The maximum Gasteiger partial charge on any atom is 0.339 e. The molecule has 0 atom stereocenters. The van der Waals surface area contributed by atoms with Crippen LogP contribution in [0.3, 0.4) is 0 Å². The molecular weight excluding hydrogens is 326 g/mol. The molecule has 2 aromatic rings. The summed E-state index contributed by atoms with van der Waals surface area (Å²) < 4.78 is 36.9. The molecule has 1 aliphatic rings. The van der Waals surface area contributed by atoms with Gasteiger partial charge in [0.05, 0.1) is 19.2 Å². The highest BCUT2D eigenvalue weighted by atomic mass is 32.2. The lowest BCUT2D eigenvalue weighted by Crippen LogP contribution is -2.55. The first-order valence-corrected chi connectivity index (χ1v) is 8.95. The number of nitrogens with zero attached hydrogens (tertiary/aromatic N) is 1. The van der Waals surface area contributed by atoms with Crippen molar-refractivity contribution in [2.24, 2.45) is 0 Å². The van der Waals surface area contributed by atoms with Crippen LogP contribution in [0.25, 0.3) is 0 Å². The molecule has 118 valence electrons. The normalized spacial score (nSPS) is 16.5. The summed E-state index contributed by atoms with van der Waals surface area (Å²) in [5, 5.41) is 0. The molecule has 0 aliphatic carbocycles. The van der Waals surface area contributed by atoms with Crippen LogP contribution in [0.15, 0.2) is 37.7 Å². The van der Waals surface area contributed by atoms with Gasteiger partial charge in [-0.05, 0) is 26.0 Å². The molecule has 2 aromatic heterocycles. The molecule has 3 heterocycles. The van der Waals surface area contributed by atoms with E-state index in [9.17, 15) is 13.2 Å². The summed E-state index contributed by atoms with van der Waals surface area (Å²) in [4.78, 5) is 12.2. The average Bonchev–Trinajstić information content (AvgIpc) is 2.79. The number of ether oxygens (including phenoxy) is 1. The monoisotopic (exact) mass is 341 g/mol. The van der Waals surface area contributed by atoms with Gasteiger partial charge in [-0.3, -0.25) is 0 Å². The molecule has 6 nitrogen and oxygen atoms in total. The second kappa shape index (κ2) is 5.53. The topological polar surface area (TPSA) is 76.8 Å². The largest absolute Gasteiger partial charge is 0.487 e. The Hall–Kier alpha value is -1.64. The first kappa shape index (κ1) is 15.3. The zero-order valence-corrected chi connectivity index (χ0v) is 13.7. The summed E-state index contributed by atoms with van der Waals surface area (Å²) in [5.41, 5.74) is -0.479. The summed E-state index contributed by atoms with van der Waals surface area (Å²) in [7, 11) is -3.43. The number of aryl methyl sites for hydroxylation is 2. The van der Waals surface area contributed by atoms with Crippen LogP contribution in [0.5, 0.6) is 5.75 Å². The smallest absolute Gasteiger partial charge is 0.339 e. The van der Waals surface area contributed by atoms with Gasteiger partial charge in [-0.25, -0.2) is 13.2 Å². The number of rotatable bonds is 4. The Labute approximate surface area is 132 Å². The lowest BCUT2D eigenvalue weighted by Gasteiger charge is -2.37. The van der Waals surface area contributed by atoms with Crippen LogP contribution >= 0.6 is 11.3 Å². The molecule has 1 saturated heterocycles. The number of sulfonamides is 1. The molecule has 0 saturated carbocycles. The number of hydrogen-bond donors (Lipinski definition) is 0. The third-order valence-corrected chi connectivity index (χ3v) is 6.59. The predicted octanol–water partition coefficient (Wildman–Crippen LogP) is 1.77. The molecule has 3 rings (SSSR count). The summed E-state index contributed by atoms with van der Waals surface area (Å²) in [5.74, 6) is 0.864. The fourth-order valence-corrected chi connectivity index (χ4v) is 5.13. The predicted molar refractivity (Wildman–Crippen MR) is 81.9 cm³/mol. The molecular formula is C14H15NO5S2. The molecule has 0 amide bonds. The van der Waals surface area contributed by atoms with Gasteiger partial charge >= 0.3 is 5.63 Å². The quantitative estimate of drug-likeness (QED) is 0.847. The van der Waals surface area contributed by atoms with Crippen molar-refractivity contribution in [1.82, 2.24) is 4.31 Å². The fourth-order valence-electron chi connectivity index (χ4n) is 2.19. The lowest BCUT2D eigenvalue weighted by atomic mass is 10.2. The minimum atomic E-state index is -3.43.